The van der Waals surface area contributed by atoms with Crippen molar-refractivity contribution < 1.29 is 0 Å². The standard InChI is InChI=1S/C12H16N4O2/c1-7(2)5-8-6-13-9-10(14-8)15(3)12(18)16(4)11(9)17/h6-7H,5H2,1-4H3. The van der Waals surface area contributed by atoms with Gasteiger partial charge in [-0.2, -0.15) is 0 Å². The smallest absolute Gasteiger partial charge is 0.279 e. The number of hydrogen-bond acceptors (Lipinski definition) is 4. The van der Waals surface area contributed by atoms with E-state index in [9.17, 15) is 9.59 Å². The van der Waals surface area contributed by atoms with Gasteiger partial charge in [-0.25, -0.2) is 14.8 Å². The van der Waals surface area contributed by atoms with Crippen LogP contribution in [0.5, 0.6) is 0 Å². The van der Waals surface area contributed by atoms with E-state index in [4.69, 9.17) is 0 Å². The molecule has 0 aliphatic carbocycles. The van der Waals surface area contributed by atoms with Gasteiger partial charge in [0.2, 0.25) is 0 Å². The minimum atomic E-state index is -0.406. The second kappa shape index (κ2) is 4.36. The van der Waals surface area contributed by atoms with Crippen molar-refractivity contribution in [2.75, 3.05) is 0 Å². The number of nitrogens with zero attached hydrogens (tertiary/aromatic N) is 4. The summed E-state index contributed by atoms with van der Waals surface area (Å²) in [7, 11) is 3.03. The molecular formula is C12H16N4O2. The molecule has 2 rings (SSSR count). The normalized spacial score (nSPS) is 11.4. The number of aromatic nitrogens is 4. The fourth-order valence-electron chi connectivity index (χ4n) is 1.88. The van der Waals surface area contributed by atoms with E-state index in [1.165, 1.54) is 11.6 Å². The van der Waals surface area contributed by atoms with Crippen molar-refractivity contribution in [3.05, 3.63) is 32.7 Å². The lowest BCUT2D eigenvalue weighted by atomic mass is 10.1. The minimum Gasteiger partial charge on any atom is -0.279 e. The lowest BCUT2D eigenvalue weighted by Crippen LogP contribution is -2.37. The van der Waals surface area contributed by atoms with Gasteiger partial charge in [0.05, 0.1) is 5.69 Å². The molecular weight excluding hydrogens is 232 g/mol. The third-order valence-corrected chi connectivity index (χ3v) is 2.82. The molecule has 6 heteroatoms. The van der Waals surface area contributed by atoms with Gasteiger partial charge in [0.1, 0.15) is 0 Å². The lowest BCUT2D eigenvalue weighted by Gasteiger charge is -2.08. The van der Waals surface area contributed by atoms with Crippen LogP contribution in [0.1, 0.15) is 19.5 Å². The van der Waals surface area contributed by atoms with Gasteiger partial charge in [0.15, 0.2) is 11.2 Å². The highest BCUT2D eigenvalue weighted by Crippen LogP contribution is 2.07. The molecule has 0 aliphatic rings. The third kappa shape index (κ3) is 1.94. The molecule has 0 atom stereocenters. The number of rotatable bonds is 2. The van der Waals surface area contributed by atoms with E-state index in [-0.39, 0.29) is 11.2 Å². The van der Waals surface area contributed by atoms with Gasteiger partial charge in [-0.1, -0.05) is 13.8 Å². The van der Waals surface area contributed by atoms with Gasteiger partial charge in [-0.3, -0.25) is 13.9 Å². The SMILES string of the molecule is CC(C)Cc1cnc2c(=O)n(C)c(=O)n(C)c2n1. The van der Waals surface area contributed by atoms with Crippen LogP contribution in [0.25, 0.3) is 11.2 Å². The third-order valence-electron chi connectivity index (χ3n) is 2.82. The first kappa shape index (κ1) is 12.5. The van der Waals surface area contributed by atoms with Gasteiger partial charge in [-0.05, 0) is 12.3 Å². The molecule has 0 saturated heterocycles. The molecule has 0 radical (unpaired) electrons. The van der Waals surface area contributed by atoms with Gasteiger partial charge >= 0.3 is 5.69 Å². The Hall–Kier alpha value is -1.98. The lowest BCUT2D eigenvalue weighted by molar-refractivity contribution is 0.631. The summed E-state index contributed by atoms with van der Waals surface area (Å²) >= 11 is 0. The van der Waals surface area contributed by atoms with Crippen molar-refractivity contribution in [3.63, 3.8) is 0 Å². The van der Waals surface area contributed by atoms with Crippen molar-refractivity contribution >= 4 is 11.2 Å². The van der Waals surface area contributed by atoms with Crippen LogP contribution in [-0.2, 0) is 20.5 Å². The Morgan fingerprint density at radius 3 is 2.50 bits per heavy atom. The zero-order valence-corrected chi connectivity index (χ0v) is 11.0. The molecule has 0 saturated carbocycles. The highest BCUT2D eigenvalue weighted by Gasteiger charge is 2.11. The van der Waals surface area contributed by atoms with E-state index in [1.807, 2.05) is 0 Å². The second-order valence-corrected chi connectivity index (χ2v) is 4.84. The maximum Gasteiger partial charge on any atom is 0.332 e. The van der Waals surface area contributed by atoms with Crippen LogP contribution in [-0.4, -0.2) is 19.1 Å². The number of fused-ring (bicyclic) bond motifs is 1. The van der Waals surface area contributed by atoms with Crippen molar-refractivity contribution in [3.8, 4) is 0 Å². The first-order valence-electron chi connectivity index (χ1n) is 5.83. The van der Waals surface area contributed by atoms with Gasteiger partial charge < -0.3 is 0 Å². The molecule has 0 N–H and O–H groups in total. The molecule has 0 aromatic carbocycles. The summed E-state index contributed by atoms with van der Waals surface area (Å²) in [6.07, 6.45) is 2.38. The van der Waals surface area contributed by atoms with Crippen molar-refractivity contribution in [2.45, 2.75) is 20.3 Å². The molecule has 0 aliphatic heterocycles. The average molecular weight is 248 g/mol. The zero-order valence-electron chi connectivity index (χ0n) is 11.0. The highest BCUT2D eigenvalue weighted by atomic mass is 16.2. The summed E-state index contributed by atoms with van der Waals surface area (Å²) in [6.45, 7) is 4.16. The maximum absolute atomic E-state index is 11.9. The van der Waals surface area contributed by atoms with Crippen molar-refractivity contribution in [1.82, 2.24) is 19.1 Å². The topological polar surface area (TPSA) is 69.8 Å². The quantitative estimate of drug-likeness (QED) is 0.762. The Balaban J connectivity index is 2.78. The summed E-state index contributed by atoms with van der Waals surface area (Å²) in [4.78, 5) is 32.2. The van der Waals surface area contributed by atoms with E-state index in [0.29, 0.717) is 11.6 Å². The van der Waals surface area contributed by atoms with Crippen LogP contribution in [0.4, 0.5) is 0 Å². The Morgan fingerprint density at radius 1 is 1.22 bits per heavy atom. The summed E-state index contributed by atoms with van der Waals surface area (Å²) in [5.74, 6) is 0.445. The molecule has 2 heterocycles. The van der Waals surface area contributed by atoms with E-state index in [1.54, 1.807) is 13.2 Å². The zero-order chi connectivity index (χ0) is 13.4. The number of hydrogen-bond donors (Lipinski definition) is 0. The first-order valence-corrected chi connectivity index (χ1v) is 5.83. The second-order valence-electron chi connectivity index (χ2n) is 4.84. The predicted molar refractivity (Wildman–Crippen MR) is 68.6 cm³/mol. The average Bonchev–Trinajstić information content (AvgIpc) is 2.33. The largest absolute Gasteiger partial charge is 0.332 e. The van der Waals surface area contributed by atoms with Crippen LogP contribution in [0, 0.1) is 5.92 Å². The molecule has 18 heavy (non-hydrogen) atoms. The van der Waals surface area contributed by atoms with Crippen LogP contribution in [0.15, 0.2) is 15.8 Å². The Kier molecular flexibility index (Phi) is 3.02. The van der Waals surface area contributed by atoms with E-state index in [2.05, 4.69) is 23.8 Å². The van der Waals surface area contributed by atoms with Crippen LogP contribution >= 0.6 is 0 Å². The Morgan fingerprint density at radius 2 is 1.89 bits per heavy atom. The summed E-state index contributed by atoms with van der Waals surface area (Å²) in [6, 6.07) is 0. The summed E-state index contributed by atoms with van der Waals surface area (Å²) in [5, 5.41) is 0. The molecule has 0 amide bonds. The maximum atomic E-state index is 11.9. The minimum absolute atomic E-state index is 0.229. The Bertz CT molecular complexity index is 712. The highest BCUT2D eigenvalue weighted by molar-refractivity contribution is 5.68. The van der Waals surface area contributed by atoms with Crippen molar-refractivity contribution in [2.24, 2.45) is 20.0 Å². The fraction of sp³-hybridized carbons (Fsp3) is 0.500. The summed E-state index contributed by atoms with van der Waals surface area (Å²) < 4.78 is 2.40. The molecule has 2 aromatic rings. The molecule has 0 bridgehead atoms. The van der Waals surface area contributed by atoms with Gasteiger partial charge in [0, 0.05) is 20.3 Å². The van der Waals surface area contributed by atoms with Gasteiger partial charge in [-0.15, -0.1) is 0 Å². The van der Waals surface area contributed by atoms with Crippen molar-refractivity contribution in [1.29, 1.82) is 0 Å². The fourth-order valence-corrected chi connectivity index (χ4v) is 1.88. The van der Waals surface area contributed by atoms with Crippen LogP contribution < -0.4 is 11.2 Å². The number of aryl methyl sites for hydroxylation is 1. The van der Waals surface area contributed by atoms with Crippen LogP contribution in [0.3, 0.4) is 0 Å². The van der Waals surface area contributed by atoms with E-state index >= 15 is 0 Å². The van der Waals surface area contributed by atoms with Gasteiger partial charge in [0.25, 0.3) is 5.56 Å². The molecule has 96 valence electrons. The van der Waals surface area contributed by atoms with Crippen LogP contribution in [0.2, 0.25) is 0 Å². The van der Waals surface area contributed by atoms with E-state index in [0.717, 1.165) is 16.7 Å². The monoisotopic (exact) mass is 248 g/mol. The summed E-state index contributed by atoms with van der Waals surface area (Å²) in [5.41, 5.74) is 0.578. The Labute approximate surface area is 104 Å². The molecule has 2 aromatic heterocycles. The first-order chi connectivity index (χ1) is 8.41. The molecule has 0 unspecified atom stereocenters. The molecule has 6 nitrogen and oxygen atoms in total. The van der Waals surface area contributed by atoms with E-state index < -0.39 is 5.56 Å². The molecule has 0 spiro atoms. The molecule has 0 fully saturated rings. The predicted octanol–water partition coefficient (Wildman–Crippen LogP) is 0.226.